The number of aromatic nitrogens is 4. The Hall–Kier alpha value is -2.54. The Bertz CT molecular complexity index is 886. The minimum atomic E-state index is -0.127. The highest BCUT2D eigenvalue weighted by Crippen LogP contribution is 2.27. The van der Waals surface area contributed by atoms with E-state index in [4.69, 9.17) is 0 Å². The monoisotopic (exact) mass is 339 g/mol. The zero-order valence-electron chi connectivity index (χ0n) is 13.5. The molecule has 1 aliphatic rings. The Morgan fingerprint density at radius 1 is 1.21 bits per heavy atom. The van der Waals surface area contributed by atoms with Crippen LogP contribution in [0.1, 0.15) is 34.3 Å². The Labute approximate surface area is 143 Å². The summed E-state index contributed by atoms with van der Waals surface area (Å²) in [5, 5.41) is 7.32. The summed E-state index contributed by atoms with van der Waals surface area (Å²) in [6, 6.07) is 9.77. The summed E-state index contributed by atoms with van der Waals surface area (Å²) < 4.78 is 1.91. The molecule has 7 heteroatoms. The largest absolute Gasteiger partial charge is 0.325 e. The van der Waals surface area contributed by atoms with Crippen molar-refractivity contribution in [3.8, 4) is 11.4 Å². The maximum atomic E-state index is 12.7. The molecule has 24 heavy (non-hydrogen) atoms. The third kappa shape index (κ3) is 2.50. The van der Waals surface area contributed by atoms with Crippen LogP contribution in [0.25, 0.3) is 11.4 Å². The molecule has 0 saturated carbocycles. The van der Waals surface area contributed by atoms with Crippen molar-refractivity contribution in [3.63, 3.8) is 0 Å². The molecule has 122 valence electrons. The summed E-state index contributed by atoms with van der Waals surface area (Å²) in [5.74, 6) is 1.49. The topological polar surface area (TPSA) is 63.9 Å². The van der Waals surface area contributed by atoms with Gasteiger partial charge >= 0.3 is 0 Å². The summed E-state index contributed by atoms with van der Waals surface area (Å²) in [4.78, 5) is 23.5. The number of carbonyl (C=O) groups excluding carboxylic acids is 1. The van der Waals surface area contributed by atoms with Crippen molar-refractivity contribution in [1.29, 1.82) is 0 Å². The summed E-state index contributed by atoms with van der Waals surface area (Å²) >= 11 is 1.49. The second-order valence-corrected chi connectivity index (χ2v) is 6.87. The molecule has 4 rings (SSSR count). The first-order chi connectivity index (χ1) is 11.6. The molecule has 0 fully saturated rings. The Kier molecular flexibility index (Phi) is 3.65. The Balaban J connectivity index is 1.64. The number of thiazole rings is 1. The van der Waals surface area contributed by atoms with Crippen LogP contribution < -0.4 is 0 Å². The van der Waals surface area contributed by atoms with E-state index in [0.29, 0.717) is 24.6 Å². The van der Waals surface area contributed by atoms with Gasteiger partial charge in [0.25, 0.3) is 5.91 Å². The number of nitrogens with zero attached hydrogens (tertiary/aromatic N) is 5. The van der Waals surface area contributed by atoms with Gasteiger partial charge in [-0.05, 0) is 13.8 Å². The molecule has 2 aromatic heterocycles. The number of benzene rings is 1. The highest BCUT2D eigenvalue weighted by atomic mass is 32.1. The fourth-order valence-electron chi connectivity index (χ4n) is 2.96. The van der Waals surface area contributed by atoms with Gasteiger partial charge in [0.2, 0.25) is 0 Å². The fourth-order valence-corrected chi connectivity index (χ4v) is 3.55. The van der Waals surface area contributed by atoms with Gasteiger partial charge in [0.1, 0.15) is 11.5 Å². The minimum Gasteiger partial charge on any atom is -0.325 e. The predicted octanol–water partition coefficient (Wildman–Crippen LogP) is 2.93. The molecule has 3 aromatic rings. The van der Waals surface area contributed by atoms with Crippen LogP contribution in [0.3, 0.4) is 0 Å². The lowest BCUT2D eigenvalue weighted by atomic mass is 10.2. The highest BCUT2D eigenvalue weighted by molar-refractivity contribution is 7.09. The van der Waals surface area contributed by atoms with Crippen molar-refractivity contribution >= 4 is 17.2 Å². The number of aryl methyl sites for hydroxylation is 1. The molecule has 6 nitrogen and oxygen atoms in total. The second-order valence-electron chi connectivity index (χ2n) is 5.81. The van der Waals surface area contributed by atoms with Crippen molar-refractivity contribution in [1.82, 2.24) is 24.6 Å². The molecule has 0 unspecified atom stereocenters. The average Bonchev–Trinajstić information content (AvgIpc) is 3.22. The van der Waals surface area contributed by atoms with Crippen LogP contribution in [0.4, 0.5) is 0 Å². The molecule has 0 aliphatic carbocycles. The first-order valence-corrected chi connectivity index (χ1v) is 8.74. The zero-order valence-corrected chi connectivity index (χ0v) is 14.3. The first kappa shape index (κ1) is 15.0. The van der Waals surface area contributed by atoms with Crippen LogP contribution in [0.15, 0.2) is 35.7 Å². The predicted molar refractivity (Wildman–Crippen MR) is 91.8 cm³/mol. The number of hydrogen-bond acceptors (Lipinski definition) is 5. The summed E-state index contributed by atoms with van der Waals surface area (Å²) in [6.07, 6.45) is 0. The van der Waals surface area contributed by atoms with Crippen molar-refractivity contribution in [2.75, 3.05) is 6.54 Å². The summed E-state index contributed by atoms with van der Waals surface area (Å²) in [6.45, 7) is 5.16. The molecule has 3 heterocycles. The van der Waals surface area contributed by atoms with E-state index in [9.17, 15) is 4.79 Å². The van der Waals surface area contributed by atoms with Crippen LogP contribution in [0.2, 0.25) is 0 Å². The molecule has 0 bridgehead atoms. The van der Waals surface area contributed by atoms with Gasteiger partial charge in [-0.2, -0.15) is 5.10 Å². The Morgan fingerprint density at radius 2 is 2.00 bits per heavy atom. The smallest absolute Gasteiger partial charge is 0.274 e. The molecular formula is C17H17N5OS. The van der Waals surface area contributed by atoms with Gasteiger partial charge < -0.3 is 4.90 Å². The molecule has 1 amide bonds. The minimum absolute atomic E-state index is 0.0395. The third-order valence-electron chi connectivity index (χ3n) is 4.23. The molecule has 0 spiro atoms. The fraction of sp³-hybridized carbons (Fsp3) is 0.294. The molecule has 0 saturated heterocycles. The van der Waals surface area contributed by atoms with Crippen molar-refractivity contribution in [2.24, 2.45) is 0 Å². The molecule has 0 radical (unpaired) electrons. The maximum Gasteiger partial charge on any atom is 0.274 e. The zero-order chi connectivity index (χ0) is 16.7. The molecule has 1 atom stereocenters. The molecule has 1 aromatic carbocycles. The van der Waals surface area contributed by atoms with Gasteiger partial charge in [-0.3, -0.25) is 4.79 Å². The van der Waals surface area contributed by atoms with Gasteiger partial charge in [-0.25, -0.2) is 14.6 Å². The van der Waals surface area contributed by atoms with E-state index in [1.54, 1.807) is 0 Å². The van der Waals surface area contributed by atoms with E-state index in [1.807, 2.05) is 59.1 Å². The van der Waals surface area contributed by atoms with Gasteiger partial charge in [-0.1, -0.05) is 30.3 Å². The highest BCUT2D eigenvalue weighted by Gasteiger charge is 2.32. The number of hydrogen-bond donors (Lipinski definition) is 0. The van der Waals surface area contributed by atoms with Crippen molar-refractivity contribution < 1.29 is 4.79 Å². The summed E-state index contributed by atoms with van der Waals surface area (Å²) in [5.41, 5.74) is 1.50. The van der Waals surface area contributed by atoms with Crippen LogP contribution in [-0.2, 0) is 6.54 Å². The first-order valence-electron chi connectivity index (χ1n) is 7.87. The van der Waals surface area contributed by atoms with Crippen LogP contribution in [0.5, 0.6) is 0 Å². The standard InChI is InChI=1S/C17H17N5OS/c1-11-16-19-15(13-6-4-3-5-7-13)20-22(16)9-8-21(11)17(23)14-10-24-12(2)18-14/h3-7,10-11H,8-9H2,1-2H3/t11-/m0/s1. The number of fused-ring (bicyclic) bond motifs is 1. The van der Waals surface area contributed by atoms with E-state index in [2.05, 4.69) is 15.1 Å². The van der Waals surface area contributed by atoms with E-state index in [0.717, 1.165) is 16.4 Å². The van der Waals surface area contributed by atoms with E-state index in [-0.39, 0.29) is 11.9 Å². The van der Waals surface area contributed by atoms with Crippen LogP contribution >= 0.6 is 11.3 Å². The number of rotatable bonds is 2. The van der Waals surface area contributed by atoms with Gasteiger partial charge in [-0.15, -0.1) is 11.3 Å². The quantitative estimate of drug-likeness (QED) is 0.720. The van der Waals surface area contributed by atoms with E-state index < -0.39 is 0 Å². The number of carbonyl (C=O) groups is 1. The van der Waals surface area contributed by atoms with Crippen LogP contribution in [0, 0.1) is 6.92 Å². The maximum absolute atomic E-state index is 12.7. The van der Waals surface area contributed by atoms with E-state index in [1.165, 1.54) is 11.3 Å². The van der Waals surface area contributed by atoms with Crippen molar-refractivity contribution in [3.05, 3.63) is 52.2 Å². The summed E-state index contributed by atoms with van der Waals surface area (Å²) in [7, 11) is 0. The third-order valence-corrected chi connectivity index (χ3v) is 5.00. The molecular weight excluding hydrogens is 322 g/mol. The average molecular weight is 339 g/mol. The molecule has 1 aliphatic heterocycles. The number of amides is 1. The normalized spacial score (nSPS) is 16.9. The van der Waals surface area contributed by atoms with Crippen LogP contribution in [-0.4, -0.2) is 37.1 Å². The van der Waals surface area contributed by atoms with Crippen molar-refractivity contribution in [2.45, 2.75) is 26.4 Å². The lowest BCUT2D eigenvalue weighted by Gasteiger charge is -2.32. The Morgan fingerprint density at radius 3 is 2.71 bits per heavy atom. The van der Waals surface area contributed by atoms with Gasteiger partial charge in [0.05, 0.1) is 17.6 Å². The van der Waals surface area contributed by atoms with E-state index >= 15 is 0 Å². The molecule has 0 N–H and O–H groups in total. The lowest BCUT2D eigenvalue weighted by molar-refractivity contribution is 0.0625. The van der Waals surface area contributed by atoms with Gasteiger partial charge in [0.15, 0.2) is 5.82 Å². The second kappa shape index (κ2) is 5.83. The van der Waals surface area contributed by atoms with Gasteiger partial charge in [0, 0.05) is 17.5 Å². The SMILES string of the molecule is Cc1nc(C(=O)N2CCn3nc(-c4ccccc4)nc3[C@@H]2C)cs1. The lowest BCUT2D eigenvalue weighted by Crippen LogP contribution is -2.41.